The molecule has 0 aromatic carbocycles. The Bertz CT molecular complexity index is 319. The zero-order valence-electron chi connectivity index (χ0n) is 10.3. The van der Waals surface area contributed by atoms with Crippen LogP contribution in [0.5, 0.6) is 0 Å². The van der Waals surface area contributed by atoms with Gasteiger partial charge in [0.15, 0.2) is 0 Å². The minimum atomic E-state index is -0.395. The summed E-state index contributed by atoms with van der Waals surface area (Å²) < 4.78 is 0. The average Bonchev–Trinajstić information content (AvgIpc) is 2.75. The van der Waals surface area contributed by atoms with Crippen molar-refractivity contribution in [1.29, 1.82) is 0 Å². The van der Waals surface area contributed by atoms with Gasteiger partial charge in [-0.05, 0) is 66.3 Å². The molecule has 1 nitrogen and oxygen atoms in total. The monoisotopic (exact) mass is 238 g/mol. The molecule has 2 heteroatoms. The van der Waals surface area contributed by atoms with Crippen molar-refractivity contribution in [2.75, 3.05) is 0 Å². The van der Waals surface area contributed by atoms with Crippen molar-refractivity contribution in [2.24, 2.45) is 11.8 Å². The highest BCUT2D eigenvalue weighted by atomic mass is 32.1. The summed E-state index contributed by atoms with van der Waals surface area (Å²) in [7, 11) is 0. The van der Waals surface area contributed by atoms with Crippen molar-refractivity contribution < 1.29 is 5.11 Å². The molecule has 0 spiro atoms. The van der Waals surface area contributed by atoms with Crippen LogP contribution in [0.25, 0.3) is 0 Å². The minimum Gasteiger partial charge on any atom is -0.390 e. The fraction of sp³-hybridized carbons (Fsp3) is 0.714. The quantitative estimate of drug-likeness (QED) is 0.847. The van der Waals surface area contributed by atoms with Crippen LogP contribution in [0.1, 0.15) is 45.1 Å². The van der Waals surface area contributed by atoms with Crippen LogP contribution >= 0.6 is 11.3 Å². The third kappa shape index (κ3) is 2.86. The first kappa shape index (κ1) is 12.1. The second-order valence-electron chi connectivity index (χ2n) is 5.55. The maximum absolute atomic E-state index is 10.6. The summed E-state index contributed by atoms with van der Waals surface area (Å²) in [5.74, 6) is 1.45. The molecule has 1 aromatic rings. The molecule has 90 valence electrons. The fourth-order valence-corrected chi connectivity index (χ4v) is 3.43. The van der Waals surface area contributed by atoms with Gasteiger partial charge in [0.05, 0.1) is 5.60 Å². The third-order valence-electron chi connectivity index (χ3n) is 4.20. The Hall–Kier alpha value is -0.340. The molecule has 0 aliphatic heterocycles. The van der Waals surface area contributed by atoms with Crippen LogP contribution < -0.4 is 0 Å². The molecular weight excluding hydrogens is 216 g/mol. The van der Waals surface area contributed by atoms with Gasteiger partial charge in [-0.1, -0.05) is 13.8 Å². The van der Waals surface area contributed by atoms with E-state index in [1.165, 1.54) is 12.0 Å². The van der Waals surface area contributed by atoms with Gasteiger partial charge in [-0.2, -0.15) is 11.3 Å². The Morgan fingerprint density at radius 3 is 2.88 bits per heavy atom. The number of hydrogen-bond acceptors (Lipinski definition) is 2. The fourth-order valence-electron chi connectivity index (χ4n) is 2.72. The lowest BCUT2D eigenvalue weighted by molar-refractivity contribution is -0.0346. The second kappa shape index (κ2) is 4.89. The molecule has 3 unspecified atom stereocenters. The summed E-state index contributed by atoms with van der Waals surface area (Å²) in [6.45, 7) is 4.59. The normalized spacial score (nSPS) is 35.2. The first-order chi connectivity index (χ1) is 7.59. The lowest BCUT2D eigenvalue weighted by Gasteiger charge is -2.39. The molecule has 16 heavy (non-hydrogen) atoms. The SMILES string of the molecule is CC1CCC(O)(CCc2ccsc2)CC1C. The van der Waals surface area contributed by atoms with E-state index in [0.29, 0.717) is 5.92 Å². The highest BCUT2D eigenvalue weighted by Crippen LogP contribution is 2.38. The topological polar surface area (TPSA) is 20.2 Å². The Morgan fingerprint density at radius 1 is 1.44 bits per heavy atom. The number of thiophene rings is 1. The second-order valence-corrected chi connectivity index (χ2v) is 6.33. The van der Waals surface area contributed by atoms with E-state index in [2.05, 4.69) is 30.7 Å². The van der Waals surface area contributed by atoms with Crippen molar-refractivity contribution in [1.82, 2.24) is 0 Å². The van der Waals surface area contributed by atoms with Gasteiger partial charge in [0.1, 0.15) is 0 Å². The van der Waals surface area contributed by atoms with E-state index in [9.17, 15) is 5.11 Å². The summed E-state index contributed by atoms with van der Waals surface area (Å²) in [4.78, 5) is 0. The average molecular weight is 238 g/mol. The molecule has 2 rings (SSSR count). The van der Waals surface area contributed by atoms with E-state index in [0.717, 1.165) is 31.6 Å². The summed E-state index contributed by atoms with van der Waals surface area (Å²) >= 11 is 1.74. The standard InChI is InChI=1S/C14H22OS/c1-11-3-6-14(15,9-12(11)2)7-4-13-5-8-16-10-13/h5,8,10-12,15H,3-4,6-7,9H2,1-2H3. The Balaban J connectivity index is 1.88. The van der Waals surface area contributed by atoms with Gasteiger partial charge in [0.25, 0.3) is 0 Å². The molecule has 1 fully saturated rings. The van der Waals surface area contributed by atoms with Crippen LogP contribution in [0, 0.1) is 11.8 Å². The summed E-state index contributed by atoms with van der Waals surface area (Å²) in [6, 6.07) is 2.17. The third-order valence-corrected chi connectivity index (χ3v) is 4.93. The molecule has 1 aliphatic carbocycles. The zero-order chi connectivity index (χ0) is 11.6. The zero-order valence-corrected chi connectivity index (χ0v) is 11.1. The lowest BCUT2D eigenvalue weighted by Crippen LogP contribution is -2.38. The van der Waals surface area contributed by atoms with E-state index in [-0.39, 0.29) is 0 Å². The predicted molar refractivity (Wildman–Crippen MR) is 69.8 cm³/mol. The van der Waals surface area contributed by atoms with Crippen LogP contribution in [-0.4, -0.2) is 10.7 Å². The van der Waals surface area contributed by atoms with Gasteiger partial charge < -0.3 is 5.11 Å². The number of aliphatic hydroxyl groups is 1. The maximum atomic E-state index is 10.6. The molecule has 1 N–H and O–H groups in total. The van der Waals surface area contributed by atoms with E-state index >= 15 is 0 Å². The van der Waals surface area contributed by atoms with Gasteiger partial charge in [0.2, 0.25) is 0 Å². The van der Waals surface area contributed by atoms with Crippen molar-refractivity contribution in [3.63, 3.8) is 0 Å². The van der Waals surface area contributed by atoms with Crippen LogP contribution in [0.15, 0.2) is 16.8 Å². The van der Waals surface area contributed by atoms with E-state index in [1.807, 2.05) is 0 Å². The smallest absolute Gasteiger partial charge is 0.0653 e. The van der Waals surface area contributed by atoms with E-state index in [4.69, 9.17) is 0 Å². The summed E-state index contributed by atoms with van der Waals surface area (Å²) in [5, 5.41) is 14.9. The minimum absolute atomic E-state index is 0.395. The van der Waals surface area contributed by atoms with Gasteiger partial charge >= 0.3 is 0 Å². The van der Waals surface area contributed by atoms with Crippen LogP contribution in [0.3, 0.4) is 0 Å². The van der Waals surface area contributed by atoms with Gasteiger partial charge in [0, 0.05) is 0 Å². The molecule has 0 saturated heterocycles. The molecule has 1 aromatic heterocycles. The number of rotatable bonds is 3. The molecule has 0 amide bonds. The number of hydrogen-bond donors (Lipinski definition) is 1. The Labute approximate surface area is 103 Å². The largest absolute Gasteiger partial charge is 0.390 e. The molecule has 1 heterocycles. The lowest BCUT2D eigenvalue weighted by atomic mass is 9.71. The van der Waals surface area contributed by atoms with E-state index < -0.39 is 5.60 Å². The summed E-state index contributed by atoms with van der Waals surface area (Å²) in [5.41, 5.74) is 0.984. The van der Waals surface area contributed by atoms with Crippen molar-refractivity contribution in [3.05, 3.63) is 22.4 Å². The molecule has 0 radical (unpaired) electrons. The highest BCUT2D eigenvalue weighted by Gasteiger charge is 2.35. The van der Waals surface area contributed by atoms with Crippen molar-refractivity contribution >= 4 is 11.3 Å². The molecule has 0 bridgehead atoms. The maximum Gasteiger partial charge on any atom is 0.0653 e. The predicted octanol–water partition coefficient (Wildman–Crippen LogP) is 3.87. The first-order valence-electron chi connectivity index (χ1n) is 6.32. The molecular formula is C14H22OS. The highest BCUT2D eigenvalue weighted by molar-refractivity contribution is 7.07. The van der Waals surface area contributed by atoms with E-state index in [1.54, 1.807) is 11.3 Å². The van der Waals surface area contributed by atoms with Gasteiger partial charge in [-0.15, -0.1) is 0 Å². The number of aryl methyl sites for hydroxylation is 1. The van der Waals surface area contributed by atoms with Gasteiger partial charge in [-0.25, -0.2) is 0 Å². The Kier molecular flexibility index (Phi) is 3.70. The van der Waals surface area contributed by atoms with Crippen LogP contribution in [-0.2, 0) is 6.42 Å². The Morgan fingerprint density at radius 2 is 2.25 bits per heavy atom. The van der Waals surface area contributed by atoms with Crippen LogP contribution in [0.4, 0.5) is 0 Å². The van der Waals surface area contributed by atoms with Crippen molar-refractivity contribution in [2.45, 2.75) is 51.6 Å². The van der Waals surface area contributed by atoms with Gasteiger partial charge in [-0.3, -0.25) is 0 Å². The molecule has 1 saturated carbocycles. The summed E-state index contributed by atoms with van der Waals surface area (Å²) in [6.07, 6.45) is 5.12. The van der Waals surface area contributed by atoms with Crippen LogP contribution in [0.2, 0.25) is 0 Å². The molecule has 1 aliphatic rings. The molecule has 3 atom stereocenters. The first-order valence-corrected chi connectivity index (χ1v) is 7.27. The van der Waals surface area contributed by atoms with Crippen molar-refractivity contribution in [3.8, 4) is 0 Å².